The maximum atomic E-state index is 6.98. The molecule has 2 heteroatoms. The number of furan rings is 1. The predicted octanol–water partition coefficient (Wildman–Crippen LogP) is 15.9. The van der Waals surface area contributed by atoms with Gasteiger partial charge in [0.05, 0.1) is 11.1 Å². The van der Waals surface area contributed by atoms with Gasteiger partial charge in [-0.05, 0) is 120 Å². The van der Waals surface area contributed by atoms with E-state index in [9.17, 15) is 0 Å². The van der Waals surface area contributed by atoms with Gasteiger partial charge >= 0.3 is 0 Å². The van der Waals surface area contributed by atoms with Crippen LogP contribution in [0.5, 0.6) is 0 Å². The van der Waals surface area contributed by atoms with E-state index in [0.29, 0.717) is 0 Å². The van der Waals surface area contributed by atoms with Crippen LogP contribution in [0.4, 0.5) is 17.1 Å². The summed E-state index contributed by atoms with van der Waals surface area (Å²) >= 11 is 0. The van der Waals surface area contributed by atoms with Crippen molar-refractivity contribution >= 4 is 49.8 Å². The number of hydrogen-bond acceptors (Lipinski definition) is 2. The van der Waals surface area contributed by atoms with E-state index in [0.717, 1.165) is 55.5 Å². The Labute approximate surface area is 354 Å². The van der Waals surface area contributed by atoms with Crippen LogP contribution in [0.15, 0.2) is 229 Å². The van der Waals surface area contributed by atoms with Crippen molar-refractivity contribution in [3.05, 3.63) is 247 Å². The summed E-state index contributed by atoms with van der Waals surface area (Å²) in [7, 11) is 0. The van der Waals surface area contributed by atoms with E-state index < -0.39 is 5.41 Å². The molecule has 284 valence electrons. The molecule has 0 aliphatic heterocycles. The topological polar surface area (TPSA) is 16.4 Å². The molecule has 0 saturated carbocycles. The quantitative estimate of drug-likeness (QED) is 0.173. The number of anilines is 3. The SMILES string of the molecule is c1ccc(-c2cccc(-c3cccc(N(c4ccc5c(c4)C4(c6ccccc6-c6ccccc64)c4ccccc4-5)c4cc5ccccc5c5c4oc4ccccc45)c3)c2)cc1. The highest BCUT2D eigenvalue weighted by molar-refractivity contribution is 6.23. The van der Waals surface area contributed by atoms with Crippen LogP contribution in [0.2, 0.25) is 0 Å². The zero-order valence-electron chi connectivity index (χ0n) is 33.2. The van der Waals surface area contributed by atoms with Crippen molar-refractivity contribution in [1.82, 2.24) is 0 Å². The molecule has 0 unspecified atom stereocenters. The zero-order chi connectivity index (χ0) is 40.1. The first kappa shape index (κ1) is 34.0. The highest BCUT2D eigenvalue weighted by atomic mass is 16.3. The number of rotatable bonds is 5. The number of fused-ring (bicyclic) bond motifs is 15. The lowest BCUT2D eigenvalue weighted by Crippen LogP contribution is -2.26. The van der Waals surface area contributed by atoms with Crippen molar-refractivity contribution in [2.75, 3.05) is 4.90 Å². The molecule has 2 nitrogen and oxygen atoms in total. The number of hydrogen-bond donors (Lipinski definition) is 0. The van der Waals surface area contributed by atoms with Crippen molar-refractivity contribution in [1.29, 1.82) is 0 Å². The van der Waals surface area contributed by atoms with E-state index in [-0.39, 0.29) is 0 Å². The maximum Gasteiger partial charge on any atom is 0.160 e. The summed E-state index contributed by atoms with van der Waals surface area (Å²) < 4.78 is 6.98. The molecule has 10 aromatic carbocycles. The molecule has 0 bridgehead atoms. The normalized spacial score (nSPS) is 13.0. The maximum absolute atomic E-state index is 6.98. The van der Waals surface area contributed by atoms with Gasteiger partial charge in [-0.3, -0.25) is 0 Å². The van der Waals surface area contributed by atoms with E-state index in [1.165, 1.54) is 61.0 Å². The zero-order valence-corrected chi connectivity index (χ0v) is 33.2. The highest BCUT2D eigenvalue weighted by Crippen LogP contribution is 2.63. The summed E-state index contributed by atoms with van der Waals surface area (Å²) in [4.78, 5) is 2.44. The van der Waals surface area contributed by atoms with Crippen LogP contribution in [0, 0.1) is 0 Å². The van der Waals surface area contributed by atoms with Crippen molar-refractivity contribution < 1.29 is 4.42 Å². The Morgan fingerprint density at radius 3 is 1.59 bits per heavy atom. The number of benzene rings is 10. The minimum Gasteiger partial charge on any atom is -0.454 e. The standard InChI is InChI=1S/C59H37NO/c1-2-16-38(17-3-1)39-19-14-20-40(34-39)41-21-15-22-43(35-41)60(55-36-42-18-4-5-23-45(42)57-50-27-9-13-31-56(50)61-58(55)57)44-32-33-49-48-26-8-12-30-53(48)59(54(49)37-44)51-28-10-6-24-46(51)47-25-7-11-29-52(47)59/h1-37H. The fourth-order valence-corrected chi connectivity index (χ4v) is 10.7. The molecule has 0 amide bonds. The lowest BCUT2D eigenvalue weighted by molar-refractivity contribution is 0.669. The summed E-state index contributed by atoms with van der Waals surface area (Å²) in [6.07, 6.45) is 0. The molecule has 2 aliphatic carbocycles. The van der Waals surface area contributed by atoms with Crippen LogP contribution in [-0.4, -0.2) is 0 Å². The van der Waals surface area contributed by atoms with Crippen LogP contribution in [0.1, 0.15) is 22.3 Å². The van der Waals surface area contributed by atoms with Crippen LogP contribution < -0.4 is 4.90 Å². The van der Waals surface area contributed by atoms with Crippen molar-refractivity contribution in [3.63, 3.8) is 0 Å². The van der Waals surface area contributed by atoms with Gasteiger partial charge in [-0.1, -0.05) is 182 Å². The molecule has 2 aliphatic rings. The van der Waals surface area contributed by atoms with Gasteiger partial charge in [0.25, 0.3) is 0 Å². The first-order chi connectivity index (χ1) is 30.3. The third kappa shape index (κ3) is 4.85. The second-order valence-electron chi connectivity index (χ2n) is 16.4. The van der Waals surface area contributed by atoms with Crippen LogP contribution in [0.25, 0.3) is 77.2 Å². The molecule has 1 spiro atoms. The molecule has 0 fully saturated rings. The van der Waals surface area contributed by atoms with Gasteiger partial charge in [-0.25, -0.2) is 0 Å². The minimum absolute atomic E-state index is 0.474. The Morgan fingerprint density at radius 2 is 0.869 bits per heavy atom. The molecule has 0 radical (unpaired) electrons. The smallest absolute Gasteiger partial charge is 0.160 e. The average molecular weight is 776 g/mol. The van der Waals surface area contributed by atoms with Crippen molar-refractivity contribution in [3.8, 4) is 44.5 Å². The molecule has 1 aromatic heterocycles. The summed E-state index contributed by atoms with van der Waals surface area (Å²) in [5, 5.41) is 4.59. The van der Waals surface area contributed by atoms with Crippen molar-refractivity contribution in [2.45, 2.75) is 5.41 Å². The molecule has 11 aromatic rings. The van der Waals surface area contributed by atoms with Crippen molar-refractivity contribution in [2.24, 2.45) is 0 Å². The molecule has 0 atom stereocenters. The Kier molecular flexibility index (Phi) is 7.26. The third-order valence-corrected chi connectivity index (χ3v) is 13.2. The summed E-state index contributed by atoms with van der Waals surface area (Å²) in [6, 6.07) is 82.2. The van der Waals surface area contributed by atoms with Gasteiger partial charge in [0.15, 0.2) is 5.58 Å². The largest absolute Gasteiger partial charge is 0.454 e. The Balaban J connectivity index is 1.10. The summed E-state index contributed by atoms with van der Waals surface area (Å²) in [5.74, 6) is 0. The number of nitrogens with zero attached hydrogens (tertiary/aromatic N) is 1. The van der Waals surface area contributed by atoms with Gasteiger partial charge in [-0.15, -0.1) is 0 Å². The second kappa shape index (κ2) is 13.0. The second-order valence-corrected chi connectivity index (χ2v) is 16.4. The predicted molar refractivity (Wildman–Crippen MR) is 253 cm³/mol. The van der Waals surface area contributed by atoms with Crippen LogP contribution in [0.3, 0.4) is 0 Å². The minimum atomic E-state index is -0.474. The van der Waals surface area contributed by atoms with E-state index in [1.54, 1.807) is 0 Å². The highest BCUT2D eigenvalue weighted by Gasteiger charge is 2.51. The molecule has 0 saturated heterocycles. The fourth-order valence-electron chi connectivity index (χ4n) is 10.7. The van der Waals surface area contributed by atoms with E-state index in [1.807, 2.05) is 0 Å². The lowest BCUT2D eigenvalue weighted by Gasteiger charge is -2.32. The summed E-state index contributed by atoms with van der Waals surface area (Å²) in [5.41, 5.74) is 19.5. The van der Waals surface area contributed by atoms with E-state index in [4.69, 9.17) is 4.42 Å². The van der Waals surface area contributed by atoms with E-state index in [2.05, 4.69) is 229 Å². The van der Waals surface area contributed by atoms with Gasteiger partial charge in [0.1, 0.15) is 5.58 Å². The lowest BCUT2D eigenvalue weighted by atomic mass is 9.70. The first-order valence-electron chi connectivity index (χ1n) is 21.1. The van der Waals surface area contributed by atoms with Gasteiger partial charge in [0, 0.05) is 22.1 Å². The molecule has 61 heavy (non-hydrogen) atoms. The third-order valence-electron chi connectivity index (χ3n) is 13.2. The molecule has 1 heterocycles. The molecular formula is C59H37NO. The van der Waals surface area contributed by atoms with Gasteiger partial charge in [-0.2, -0.15) is 0 Å². The van der Waals surface area contributed by atoms with Crippen LogP contribution in [-0.2, 0) is 5.41 Å². The Morgan fingerprint density at radius 1 is 0.344 bits per heavy atom. The van der Waals surface area contributed by atoms with E-state index >= 15 is 0 Å². The average Bonchev–Trinajstić information content (AvgIpc) is 3.97. The summed E-state index contributed by atoms with van der Waals surface area (Å²) in [6.45, 7) is 0. The molecular weight excluding hydrogens is 739 g/mol. The van der Waals surface area contributed by atoms with Gasteiger partial charge < -0.3 is 9.32 Å². The van der Waals surface area contributed by atoms with Crippen LogP contribution >= 0.6 is 0 Å². The Bertz CT molecular complexity index is 3490. The number of para-hydroxylation sites is 1. The molecule has 0 N–H and O–H groups in total. The first-order valence-corrected chi connectivity index (χ1v) is 21.1. The monoisotopic (exact) mass is 775 g/mol. The Hall–Kier alpha value is -7.94. The fraction of sp³-hybridized carbons (Fsp3) is 0.0169. The van der Waals surface area contributed by atoms with Gasteiger partial charge in [0.2, 0.25) is 0 Å². The molecule has 13 rings (SSSR count).